The molecule has 214 valence electrons. The van der Waals surface area contributed by atoms with Gasteiger partial charge in [0.05, 0.1) is 26.4 Å². The second-order valence-electron chi connectivity index (χ2n) is 7.14. The van der Waals surface area contributed by atoms with Crippen molar-refractivity contribution in [3.8, 4) is 0 Å². The number of unbranched alkanes of at least 4 members (excludes halogenated alkanes) is 1. The van der Waals surface area contributed by atoms with E-state index in [0.29, 0.717) is 12.8 Å². The standard InChI is InChI=1S/C24H46O12/c1-9-29-21(27-7)23(31-11-3,32-12-4)35-19(25)17-15-16-18-20(26)36-24(33-13-5,34-14-6)22(28-8)30-10-2/h21-22H,9-18H2,1-8H3. The lowest BCUT2D eigenvalue weighted by Crippen LogP contribution is -2.53. The van der Waals surface area contributed by atoms with Crippen molar-refractivity contribution in [2.24, 2.45) is 0 Å². The van der Waals surface area contributed by atoms with Crippen molar-refractivity contribution >= 4 is 11.9 Å². The van der Waals surface area contributed by atoms with Crippen LogP contribution in [0.4, 0.5) is 0 Å². The van der Waals surface area contributed by atoms with Crippen molar-refractivity contribution in [3.63, 3.8) is 0 Å². The Morgan fingerprint density at radius 1 is 0.556 bits per heavy atom. The highest BCUT2D eigenvalue weighted by atomic mass is 16.9. The third-order valence-corrected chi connectivity index (χ3v) is 4.55. The fraction of sp³-hybridized carbons (Fsp3) is 0.917. The zero-order valence-electron chi connectivity index (χ0n) is 23.1. The van der Waals surface area contributed by atoms with E-state index in [1.54, 1.807) is 41.5 Å². The highest BCUT2D eigenvalue weighted by Crippen LogP contribution is 2.27. The van der Waals surface area contributed by atoms with E-state index >= 15 is 0 Å². The predicted molar refractivity (Wildman–Crippen MR) is 127 cm³/mol. The van der Waals surface area contributed by atoms with Gasteiger partial charge in [-0.2, -0.15) is 0 Å². The molecule has 0 aliphatic rings. The van der Waals surface area contributed by atoms with Crippen LogP contribution in [0.5, 0.6) is 0 Å². The van der Waals surface area contributed by atoms with Crippen LogP contribution < -0.4 is 0 Å². The highest BCUT2D eigenvalue weighted by Gasteiger charge is 2.48. The van der Waals surface area contributed by atoms with Crippen molar-refractivity contribution < 1.29 is 57.0 Å². The van der Waals surface area contributed by atoms with Gasteiger partial charge in [-0.1, -0.05) is 0 Å². The van der Waals surface area contributed by atoms with Gasteiger partial charge < -0.3 is 47.4 Å². The molecular formula is C24H46O12. The Labute approximate surface area is 215 Å². The molecule has 0 aliphatic heterocycles. The molecule has 0 rings (SSSR count). The molecule has 0 aliphatic carbocycles. The molecular weight excluding hydrogens is 480 g/mol. The Morgan fingerprint density at radius 2 is 0.861 bits per heavy atom. The first-order valence-electron chi connectivity index (χ1n) is 12.6. The Bertz CT molecular complexity index is 523. The SMILES string of the molecule is CCOC(OC)C(OCC)(OCC)OC(=O)CCCCC(=O)OC(OCC)(OCC)C(OC)OCC. The summed E-state index contributed by atoms with van der Waals surface area (Å²) in [4.78, 5) is 25.2. The number of carbonyl (C=O) groups is 2. The maximum Gasteiger partial charge on any atom is 0.383 e. The van der Waals surface area contributed by atoms with Gasteiger partial charge in [0.15, 0.2) is 0 Å². The highest BCUT2D eigenvalue weighted by molar-refractivity contribution is 5.71. The first kappa shape index (κ1) is 34.6. The molecule has 0 saturated heterocycles. The van der Waals surface area contributed by atoms with Crippen molar-refractivity contribution in [2.45, 2.75) is 91.8 Å². The van der Waals surface area contributed by atoms with Crippen LogP contribution in [0, 0.1) is 0 Å². The topological polar surface area (TPSA) is 126 Å². The fourth-order valence-corrected chi connectivity index (χ4v) is 3.26. The van der Waals surface area contributed by atoms with E-state index in [4.69, 9.17) is 47.4 Å². The first-order chi connectivity index (χ1) is 17.3. The van der Waals surface area contributed by atoms with E-state index in [9.17, 15) is 9.59 Å². The van der Waals surface area contributed by atoms with Crippen LogP contribution in [-0.4, -0.2) is 90.3 Å². The molecule has 0 aromatic carbocycles. The van der Waals surface area contributed by atoms with Crippen molar-refractivity contribution in [1.82, 2.24) is 0 Å². The molecule has 0 amide bonds. The van der Waals surface area contributed by atoms with Gasteiger partial charge in [0, 0.05) is 40.3 Å². The predicted octanol–water partition coefficient (Wildman–Crippen LogP) is 3.10. The summed E-state index contributed by atoms with van der Waals surface area (Å²) >= 11 is 0. The van der Waals surface area contributed by atoms with E-state index < -0.39 is 36.5 Å². The molecule has 0 saturated carbocycles. The fourth-order valence-electron chi connectivity index (χ4n) is 3.26. The van der Waals surface area contributed by atoms with E-state index in [1.807, 2.05) is 0 Å². The largest absolute Gasteiger partial charge is 0.404 e. The molecule has 0 radical (unpaired) electrons. The van der Waals surface area contributed by atoms with E-state index in [2.05, 4.69) is 0 Å². The Morgan fingerprint density at radius 3 is 1.08 bits per heavy atom. The van der Waals surface area contributed by atoms with Crippen LogP contribution in [0.3, 0.4) is 0 Å². The van der Waals surface area contributed by atoms with Crippen molar-refractivity contribution in [3.05, 3.63) is 0 Å². The monoisotopic (exact) mass is 526 g/mol. The van der Waals surface area contributed by atoms with Crippen LogP contribution >= 0.6 is 0 Å². The minimum atomic E-state index is -1.84. The molecule has 12 nitrogen and oxygen atoms in total. The van der Waals surface area contributed by atoms with Crippen molar-refractivity contribution in [1.29, 1.82) is 0 Å². The van der Waals surface area contributed by atoms with Crippen molar-refractivity contribution in [2.75, 3.05) is 53.9 Å². The molecule has 2 atom stereocenters. The summed E-state index contributed by atoms with van der Waals surface area (Å²) in [7, 11) is 2.80. The summed E-state index contributed by atoms with van der Waals surface area (Å²) in [5, 5.41) is 0. The molecule has 0 bridgehead atoms. The van der Waals surface area contributed by atoms with Gasteiger partial charge in [-0.15, -0.1) is 0 Å². The van der Waals surface area contributed by atoms with E-state index in [1.165, 1.54) is 14.2 Å². The van der Waals surface area contributed by atoms with Crippen LogP contribution in [0.25, 0.3) is 0 Å². The number of carbonyl (C=O) groups excluding carboxylic acids is 2. The van der Waals surface area contributed by atoms with Gasteiger partial charge in [0.1, 0.15) is 0 Å². The molecule has 0 N–H and O–H groups in total. The van der Waals surface area contributed by atoms with Gasteiger partial charge in [-0.3, -0.25) is 9.59 Å². The first-order valence-corrected chi connectivity index (χ1v) is 12.6. The minimum absolute atomic E-state index is 0.000553. The number of rotatable bonds is 23. The number of esters is 2. The van der Waals surface area contributed by atoms with Gasteiger partial charge >= 0.3 is 23.9 Å². The number of hydrogen-bond acceptors (Lipinski definition) is 12. The van der Waals surface area contributed by atoms with Crippen LogP contribution in [0.1, 0.15) is 67.2 Å². The average Bonchev–Trinajstić information content (AvgIpc) is 2.84. The Kier molecular flexibility index (Phi) is 18.9. The van der Waals surface area contributed by atoms with E-state index in [-0.39, 0.29) is 52.5 Å². The molecule has 0 spiro atoms. The molecule has 0 heterocycles. The average molecular weight is 527 g/mol. The van der Waals surface area contributed by atoms with Gasteiger partial charge in [-0.25, -0.2) is 0 Å². The van der Waals surface area contributed by atoms with E-state index in [0.717, 1.165) is 0 Å². The number of methoxy groups -OCH3 is 2. The van der Waals surface area contributed by atoms with Crippen LogP contribution in [0.15, 0.2) is 0 Å². The molecule has 0 fully saturated rings. The summed E-state index contributed by atoms with van der Waals surface area (Å²) < 4.78 is 55.1. The second kappa shape index (κ2) is 19.7. The normalized spacial score (nSPS) is 13.9. The molecule has 2 unspecified atom stereocenters. The maximum absolute atomic E-state index is 12.6. The molecule has 12 heteroatoms. The second-order valence-corrected chi connectivity index (χ2v) is 7.14. The number of hydrogen-bond donors (Lipinski definition) is 0. The van der Waals surface area contributed by atoms with Crippen LogP contribution in [-0.2, 0) is 57.0 Å². The summed E-state index contributed by atoms with van der Waals surface area (Å²) in [5.41, 5.74) is 0. The summed E-state index contributed by atoms with van der Waals surface area (Å²) in [6, 6.07) is 0. The maximum atomic E-state index is 12.6. The lowest BCUT2D eigenvalue weighted by Gasteiger charge is -2.36. The minimum Gasteiger partial charge on any atom is -0.404 e. The van der Waals surface area contributed by atoms with Gasteiger partial charge in [-0.05, 0) is 54.4 Å². The van der Waals surface area contributed by atoms with Gasteiger partial charge in [0.25, 0.3) is 12.6 Å². The zero-order chi connectivity index (χ0) is 27.5. The Balaban J connectivity index is 5.08. The molecule has 0 aromatic rings. The molecule has 36 heavy (non-hydrogen) atoms. The summed E-state index contributed by atoms with van der Waals surface area (Å²) in [5.74, 6) is -4.87. The lowest BCUT2D eigenvalue weighted by atomic mass is 10.2. The quantitative estimate of drug-likeness (QED) is 0.110. The third-order valence-electron chi connectivity index (χ3n) is 4.55. The molecule has 0 aromatic heterocycles. The summed E-state index contributed by atoms with van der Waals surface area (Å²) in [6.07, 6.45) is -1.48. The lowest BCUT2D eigenvalue weighted by molar-refractivity contribution is -0.437. The third kappa shape index (κ3) is 11.3. The number of ether oxygens (including phenoxy) is 10. The Hall–Kier alpha value is -1.38. The smallest absolute Gasteiger partial charge is 0.383 e. The van der Waals surface area contributed by atoms with Gasteiger partial charge in [0.2, 0.25) is 0 Å². The summed E-state index contributed by atoms with van der Waals surface area (Å²) in [6.45, 7) is 11.8. The zero-order valence-corrected chi connectivity index (χ0v) is 23.1. The van der Waals surface area contributed by atoms with Crippen LogP contribution in [0.2, 0.25) is 0 Å².